The Morgan fingerprint density at radius 2 is 0.519 bits per heavy atom. The van der Waals surface area contributed by atoms with Gasteiger partial charge in [0.1, 0.15) is 0 Å². The van der Waals surface area contributed by atoms with Gasteiger partial charge in [0.05, 0.1) is 0 Å². The van der Waals surface area contributed by atoms with Crippen molar-refractivity contribution in [3.05, 3.63) is 218 Å². The maximum Gasteiger partial charge on any atom is -0.00201 e. The highest BCUT2D eigenvalue weighted by Crippen LogP contribution is 2.48. The summed E-state index contributed by atoms with van der Waals surface area (Å²) in [4.78, 5) is 0. The Kier molecular flexibility index (Phi) is 7.93. The summed E-state index contributed by atoms with van der Waals surface area (Å²) in [5, 5.41) is 7.47. The number of benzene rings is 10. The summed E-state index contributed by atoms with van der Waals surface area (Å²) in [6.07, 6.45) is 0. The minimum atomic E-state index is 1.20. The lowest BCUT2D eigenvalue weighted by Crippen LogP contribution is -1.94. The molecule has 0 N–H and O–H groups in total. The Balaban J connectivity index is 1.30. The first-order valence-corrected chi connectivity index (χ1v) is 18.7. The van der Waals surface area contributed by atoms with Crippen LogP contribution in [0.25, 0.3) is 99.1 Å². The quantitative estimate of drug-likeness (QED) is 0.153. The molecule has 0 saturated carbocycles. The van der Waals surface area contributed by atoms with Crippen molar-refractivity contribution in [2.24, 2.45) is 0 Å². The van der Waals surface area contributed by atoms with Crippen LogP contribution in [0.3, 0.4) is 0 Å². The molecule has 0 saturated heterocycles. The fourth-order valence-electron chi connectivity index (χ4n) is 8.33. The normalized spacial score (nSPS) is 11.3. The third-order valence-corrected chi connectivity index (χ3v) is 10.8. The van der Waals surface area contributed by atoms with E-state index >= 15 is 0 Å². The summed E-state index contributed by atoms with van der Waals surface area (Å²) in [6, 6.07) is 79.8. The van der Waals surface area contributed by atoms with Gasteiger partial charge < -0.3 is 0 Å². The van der Waals surface area contributed by atoms with Gasteiger partial charge in [0.2, 0.25) is 0 Å². The molecule has 0 aliphatic carbocycles. The molecular formula is C54H36. The molecule has 0 aliphatic heterocycles. The summed E-state index contributed by atoms with van der Waals surface area (Å²) < 4.78 is 0. The van der Waals surface area contributed by atoms with Crippen molar-refractivity contribution >= 4 is 32.3 Å². The minimum absolute atomic E-state index is 1.20. The third kappa shape index (κ3) is 5.57. The van der Waals surface area contributed by atoms with Crippen molar-refractivity contribution < 1.29 is 0 Å². The summed E-state index contributed by atoms with van der Waals surface area (Å²) in [6.45, 7) is 0. The standard InChI is InChI=1S/C54H36/c1-5-17-37(18-6-1)45-27-15-16-28-46(45)43-29-31-47-48-32-30-44(50-34-42-26-14-13-25-41(42)33-49(50)38-19-7-2-8-20-38)36-52(48)54(40-23-11-4-12-24-40)53(51(47)35-43)39-21-9-3-10-22-39/h1-36H. The smallest absolute Gasteiger partial charge is 0.00201 e. The summed E-state index contributed by atoms with van der Waals surface area (Å²) >= 11 is 0. The molecule has 0 unspecified atom stereocenters. The van der Waals surface area contributed by atoms with Crippen LogP contribution in [-0.4, -0.2) is 0 Å². The molecule has 0 aromatic heterocycles. The van der Waals surface area contributed by atoms with Gasteiger partial charge in [0.15, 0.2) is 0 Å². The van der Waals surface area contributed by atoms with Gasteiger partial charge in [-0.2, -0.15) is 0 Å². The molecule has 0 heterocycles. The molecule has 10 rings (SSSR count). The van der Waals surface area contributed by atoms with Gasteiger partial charge >= 0.3 is 0 Å². The predicted octanol–water partition coefficient (Wildman–Crippen LogP) is 15.1. The third-order valence-electron chi connectivity index (χ3n) is 10.8. The molecule has 0 fully saturated rings. The Bertz CT molecular complexity index is 2940. The van der Waals surface area contributed by atoms with E-state index in [1.54, 1.807) is 0 Å². The van der Waals surface area contributed by atoms with Crippen molar-refractivity contribution in [1.82, 2.24) is 0 Å². The molecule has 0 atom stereocenters. The number of rotatable bonds is 6. The van der Waals surface area contributed by atoms with E-state index in [1.165, 1.54) is 99.1 Å². The van der Waals surface area contributed by atoms with E-state index in [0.717, 1.165) is 0 Å². The fourth-order valence-corrected chi connectivity index (χ4v) is 8.33. The average molecular weight is 685 g/mol. The van der Waals surface area contributed by atoms with Gasteiger partial charge in [-0.3, -0.25) is 0 Å². The highest BCUT2D eigenvalue weighted by molar-refractivity contribution is 6.23. The summed E-state index contributed by atoms with van der Waals surface area (Å²) in [7, 11) is 0. The van der Waals surface area contributed by atoms with Crippen LogP contribution in [0.2, 0.25) is 0 Å². The first kappa shape index (κ1) is 31.7. The van der Waals surface area contributed by atoms with E-state index in [1.807, 2.05) is 0 Å². The monoisotopic (exact) mass is 684 g/mol. The van der Waals surface area contributed by atoms with Gasteiger partial charge in [-0.05, 0) is 123 Å². The molecule has 0 nitrogen and oxygen atoms in total. The summed E-state index contributed by atoms with van der Waals surface area (Å²) in [5.41, 5.74) is 14.7. The molecule has 0 spiro atoms. The SMILES string of the molecule is c1ccc(-c2ccccc2-c2ccc3c(c2)c(-c2ccccc2)c(-c2ccccc2)c2cc(-c4cc5ccccc5cc4-c4ccccc4)ccc23)cc1. The highest BCUT2D eigenvalue weighted by Gasteiger charge is 2.20. The van der Waals surface area contributed by atoms with Crippen molar-refractivity contribution in [2.75, 3.05) is 0 Å². The lowest BCUT2D eigenvalue weighted by atomic mass is 9.82. The molecule has 0 aliphatic rings. The summed E-state index contributed by atoms with van der Waals surface area (Å²) in [5.74, 6) is 0. The van der Waals surface area contributed by atoms with E-state index < -0.39 is 0 Å². The van der Waals surface area contributed by atoms with E-state index in [9.17, 15) is 0 Å². The zero-order chi connectivity index (χ0) is 35.8. The first-order chi connectivity index (χ1) is 26.8. The largest absolute Gasteiger partial charge is 0.0622 e. The average Bonchev–Trinajstić information content (AvgIpc) is 3.26. The molecule has 10 aromatic rings. The number of hydrogen-bond acceptors (Lipinski definition) is 0. The van der Waals surface area contributed by atoms with Crippen molar-refractivity contribution in [1.29, 1.82) is 0 Å². The minimum Gasteiger partial charge on any atom is -0.0622 e. The molecule has 0 heteroatoms. The van der Waals surface area contributed by atoms with E-state index in [0.29, 0.717) is 0 Å². The van der Waals surface area contributed by atoms with Gasteiger partial charge in [-0.1, -0.05) is 194 Å². The molecule has 252 valence electrons. The Labute approximate surface area is 316 Å². The second-order valence-corrected chi connectivity index (χ2v) is 14.0. The predicted molar refractivity (Wildman–Crippen MR) is 232 cm³/mol. The van der Waals surface area contributed by atoms with Crippen molar-refractivity contribution in [3.8, 4) is 66.8 Å². The van der Waals surface area contributed by atoms with E-state index in [4.69, 9.17) is 0 Å². The lowest BCUT2D eigenvalue weighted by Gasteiger charge is -2.21. The highest BCUT2D eigenvalue weighted by atomic mass is 14.2. The molecular weight excluding hydrogens is 649 g/mol. The van der Waals surface area contributed by atoms with Gasteiger partial charge in [-0.15, -0.1) is 0 Å². The van der Waals surface area contributed by atoms with Crippen LogP contribution in [0.1, 0.15) is 0 Å². The Hall–Kier alpha value is -7.02. The van der Waals surface area contributed by atoms with Gasteiger partial charge in [0.25, 0.3) is 0 Å². The van der Waals surface area contributed by atoms with E-state index in [-0.39, 0.29) is 0 Å². The lowest BCUT2D eigenvalue weighted by molar-refractivity contribution is 1.59. The van der Waals surface area contributed by atoms with Crippen LogP contribution in [0.4, 0.5) is 0 Å². The van der Waals surface area contributed by atoms with Crippen LogP contribution in [0, 0.1) is 0 Å². The molecule has 10 aromatic carbocycles. The van der Waals surface area contributed by atoms with Crippen LogP contribution in [0.5, 0.6) is 0 Å². The van der Waals surface area contributed by atoms with Gasteiger partial charge in [-0.25, -0.2) is 0 Å². The second kappa shape index (κ2) is 13.5. The van der Waals surface area contributed by atoms with Crippen LogP contribution in [0.15, 0.2) is 218 Å². The maximum absolute atomic E-state index is 2.44. The van der Waals surface area contributed by atoms with E-state index in [2.05, 4.69) is 218 Å². The van der Waals surface area contributed by atoms with Crippen molar-refractivity contribution in [3.63, 3.8) is 0 Å². The second-order valence-electron chi connectivity index (χ2n) is 14.0. The van der Waals surface area contributed by atoms with Gasteiger partial charge in [0, 0.05) is 0 Å². The zero-order valence-electron chi connectivity index (χ0n) is 29.8. The van der Waals surface area contributed by atoms with Crippen LogP contribution < -0.4 is 0 Å². The molecule has 0 amide bonds. The first-order valence-electron chi connectivity index (χ1n) is 18.7. The molecule has 0 bridgehead atoms. The van der Waals surface area contributed by atoms with Crippen LogP contribution in [-0.2, 0) is 0 Å². The Morgan fingerprint density at radius 3 is 0.981 bits per heavy atom. The maximum atomic E-state index is 2.44. The fraction of sp³-hybridized carbons (Fsp3) is 0. The molecule has 54 heavy (non-hydrogen) atoms. The topological polar surface area (TPSA) is 0 Å². The zero-order valence-corrected chi connectivity index (χ0v) is 29.8. The van der Waals surface area contributed by atoms with Crippen LogP contribution >= 0.6 is 0 Å². The number of fused-ring (bicyclic) bond motifs is 4. The number of hydrogen-bond donors (Lipinski definition) is 0. The van der Waals surface area contributed by atoms with Crippen molar-refractivity contribution in [2.45, 2.75) is 0 Å². The molecule has 0 radical (unpaired) electrons. The Morgan fingerprint density at radius 1 is 0.185 bits per heavy atom.